The van der Waals surface area contributed by atoms with Crippen molar-refractivity contribution in [2.75, 3.05) is 24.6 Å². The molecule has 2 aliphatic rings. The van der Waals surface area contributed by atoms with E-state index in [0.717, 1.165) is 17.9 Å². The number of carbonyl (C=O) groups is 1. The first-order chi connectivity index (χ1) is 9.22. The van der Waals surface area contributed by atoms with Crippen molar-refractivity contribution in [3.63, 3.8) is 0 Å². The van der Waals surface area contributed by atoms with Gasteiger partial charge in [0.25, 0.3) is 5.91 Å². The van der Waals surface area contributed by atoms with Gasteiger partial charge in [-0.25, -0.2) is 4.98 Å². The summed E-state index contributed by atoms with van der Waals surface area (Å²) in [6.07, 6.45) is 2.47. The highest BCUT2D eigenvalue weighted by Crippen LogP contribution is 2.22. The highest BCUT2D eigenvalue weighted by Gasteiger charge is 2.29. The number of rotatable bonds is 3. The van der Waals surface area contributed by atoms with Crippen LogP contribution in [0.3, 0.4) is 0 Å². The average molecular weight is 280 g/mol. The average Bonchev–Trinajstić information content (AvgIpc) is 2.88. The predicted octanol–water partition coefficient (Wildman–Crippen LogP) is 0.783. The van der Waals surface area contributed by atoms with Crippen LogP contribution in [0.1, 0.15) is 16.8 Å². The van der Waals surface area contributed by atoms with Crippen LogP contribution in [0.4, 0.5) is 0 Å². The van der Waals surface area contributed by atoms with Gasteiger partial charge in [0.15, 0.2) is 0 Å². The number of hydrogen-bond acceptors (Lipinski definition) is 5. The fraction of sp³-hybridized carbons (Fsp3) is 0.538. The van der Waals surface area contributed by atoms with Crippen molar-refractivity contribution in [3.05, 3.63) is 23.9 Å². The van der Waals surface area contributed by atoms with Crippen LogP contribution in [-0.4, -0.2) is 57.7 Å². The number of aliphatic hydroxyl groups is 1. The molecule has 0 aromatic carbocycles. The summed E-state index contributed by atoms with van der Waals surface area (Å²) in [6.45, 7) is 0.826. The van der Waals surface area contributed by atoms with Crippen LogP contribution >= 0.6 is 11.8 Å². The quantitative estimate of drug-likeness (QED) is 0.886. The molecule has 1 aromatic rings. The minimum atomic E-state index is -0.376. The van der Waals surface area contributed by atoms with Gasteiger partial charge in [0.05, 0.1) is 11.7 Å². The zero-order valence-corrected chi connectivity index (χ0v) is 11.3. The number of amides is 1. The molecule has 6 heteroatoms. The maximum absolute atomic E-state index is 12.0. The minimum absolute atomic E-state index is 0.0826. The summed E-state index contributed by atoms with van der Waals surface area (Å²) in [5.41, 5.74) is 0.542. The number of hydrogen-bond donors (Lipinski definition) is 1. The van der Waals surface area contributed by atoms with Crippen LogP contribution in [0.2, 0.25) is 0 Å². The van der Waals surface area contributed by atoms with E-state index in [1.165, 1.54) is 0 Å². The van der Waals surface area contributed by atoms with E-state index in [0.29, 0.717) is 24.5 Å². The van der Waals surface area contributed by atoms with Gasteiger partial charge < -0.3 is 14.7 Å². The van der Waals surface area contributed by atoms with E-state index in [2.05, 4.69) is 4.98 Å². The highest BCUT2D eigenvalue weighted by molar-refractivity contribution is 7.99. The Bertz CT molecular complexity index is 453. The van der Waals surface area contributed by atoms with Crippen molar-refractivity contribution < 1.29 is 14.6 Å². The van der Waals surface area contributed by atoms with Crippen molar-refractivity contribution >= 4 is 17.7 Å². The number of nitrogens with zero attached hydrogens (tertiary/aromatic N) is 2. The zero-order chi connectivity index (χ0) is 13.2. The molecule has 5 nitrogen and oxygen atoms in total. The molecule has 3 rings (SSSR count). The molecule has 1 N–H and O–H groups in total. The maximum Gasteiger partial charge on any atom is 0.255 e. The molecule has 2 saturated heterocycles. The molecule has 0 aliphatic carbocycles. The molecule has 0 bridgehead atoms. The molecule has 2 aliphatic heterocycles. The third-order valence-corrected chi connectivity index (χ3v) is 4.44. The van der Waals surface area contributed by atoms with Gasteiger partial charge in [-0.15, -0.1) is 0 Å². The Balaban J connectivity index is 1.60. The summed E-state index contributed by atoms with van der Waals surface area (Å²) in [5, 5.41) is 9.19. The lowest BCUT2D eigenvalue weighted by Crippen LogP contribution is -2.53. The molecule has 3 heterocycles. The van der Waals surface area contributed by atoms with Crippen molar-refractivity contribution in [2.45, 2.75) is 18.6 Å². The van der Waals surface area contributed by atoms with Gasteiger partial charge in [0, 0.05) is 31.1 Å². The molecule has 1 aromatic heterocycles. The van der Waals surface area contributed by atoms with E-state index >= 15 is 0 Å². The molecule has 0 spiro atoms. The standard InChI is InChI=1S/C13H16N2O3S/c16-10-6-15(7-10)13(17)9-1-2-12(14-5-9)18-11-3-4-19-8-11/h1-2,5,10-11,16H,3-4,6-8H2/t11-/m0/s1. The Morgan fingerprint density at radius 3 is 2.89 bits per heavy atom. The van der Waals surface area contributed by atoms with Gasteiger partial charge in [0.1, 0.15) is 6.10 Å². The smallest absolute Gasteiger partial charge is 0.255 e. The van der Waals surface area contributed by atoms with Crippen LogP contribution in [0.25, 0.3) is 0 Å². The summed E-state index contributed by atoms with van der Waals surface area (Å²) in [4.78, 5) is 17.7. The Hall–Kier alpha value is -1.27. The Labute approximate surface area is 116 Å². The fourth-order valence-electron chi connectivity index (χ4n) is 2.16. The number of thioether (sulfide) groups is 1. The summed E-state index contributed by atoms with van der Waals surface area (Å²) >= 11 is 1.89. The van der Waals surface area contributed by atoms with Gasteiger partial charge in [-0.2, -0.15) is 11.8 Å². The number of likely N-dealkylation sites (tertiary alicyclic amines) is 1. The van der Waals surface area contributed by atoms with E-state index in [-0.39, 0.29) is 18.1 Å². The summed E-state index contributed by atoms with van der Waals surface area (Å²) < 4.78 is 5.73. The molecule has 19 heavy (non-hydrogen) atoms. The molecule has 2 fully saturated rings. The lowest BCUT2D eigenvalue weighted by atomic mass is 10.1. The summed E-state index contributed by atoms with van der Waals surface area (Å²) in [5.74, 6) is 2.64. The molecule has 0 unspecified atom stereocenters. The van der Waals surface area contributed by atoms with E-state index in [1.54, 1.807) is 23.2 Å². The topological polar surface area (TPSA) is 62.7 Å². The second-order valence-corrected chi connectivity index (χ2v) is 6.00. The molecule has 0 saturated carbocycles. The first kappa shape index (κ1) is 12.7. The van der Waals surface area contributed by atoms with Crippen molar-refractivity contribution in [3.8, 4) is 5.88 Å². The summed E-state index contributed by atoms with van der Waals surface area (Å²) in [6, 6.07) is 3.48. The van der Waals surface area contributed by atoms with E-state index < -0.39 is 0 Å². The maximum atomic E-state index is 12.0. The first-order valence-electron chi connectivity index (χ1n) is 6.40. The van der Waals surface area contributed by atoms with Gasteiger partial charge in [-0.1, -0.05) is 0 Å². The second kappa shape index (κ2) is 5.38. The Kier molecular flexibility index (Phi) is 3.61. The molecule has 0 radical (unpaired) electrons. The predicted molar refractivity (Wildman–Crippen MR) is 72.5 cm³/mol. The molecule has 1 amide bonds. The number of aromatic nitrogens is 1. The Morgan fingerprint density at radius 2 is 2.32 bits per heavy atom. The van der Waals surface area contributed by atoms with Crippen LogP contribution in [0, 0.1) is 0 Å². The number of ether oxygens (including phenoxy) is 1. The van der Waals surface area contributed by atoms with Gasteiger partial charge in [-0.05, 0) is 18.2 Å². The number of carbonyl (C=O) groups excluding carboxylic acids is 1. The SMILES string of the molecule is O=C(c1ccc(O[C@H]2CCSC2)nc1)N1CC(O)C1. The normalized spacial score (nSPS) is 23.2. The van der Waals surface area contributed by atoms with Crippen LogP contribution < -0.4 is 4.74 Å². The third-order valence-electron chi connectivity index (χ3n) is 3.31. The molecule has 1 atom stereocenters. The third kappa shape index (κ3) is 2.84. The summed E-state index contributed by atoms with van der Waals surface area (Å²) in [7, 11) is 0. The van der Waals surface area contributed by atoms with E-state index in [9.17, 15) is 9.90 Å². The minimum Gasteiger partial charge on any atom is -0.473 e. The lowest BCUT2D eigenvalue weighted by molar-refractivity contribution is 0.00586. The van der Waals surface area contributed by atoms with Gasteiger partial charge in [-0.3, -0.25) is 4.79 Å². The van der Waals surface area contributed by atoms with Gasteiger partial charge in [0.2, 0.25) is 5.88 Å². The zero-order valence-electron chi connectivity index (χ0n) is 10.5. The van der Waals surface area contributed by atoms with Gasteiger partial charge >= 0.3 is 0 Å². The second-order valence-electron chi connectivity index (χ2n) is 4.85. The Morgan fingerprint density at radius 1 is 1.47 bits per heavy atom. The monoisotopic (exact) mass is 280 g/mol. The highest BCUT2D eigenvalue weighted by atomic mass is 32.2. The molecule has 102 valence electrons. The van der Waals surface area contributed by atoms with Crippen LogP contribution in [0.5, 0.6) is 5.88 Å². The molecular weight excluding hydrogens is 264 g/mol. The first-order valence-corrected chi connectivity index (χ1v) is 7.55. The van der Waals surface area contributed by atoms with Crippen LogP contribution in [0.15, 0.2) is 18.3 Å². The number of pyridine rings is 1. The van der Waals surface area contributed by atoms with Crippen molar-refractivity contribution in [2.24, 2.45) is 0 Å². The number of aliphatic hydroxyl groups excluding tert-OH is 1. The van der Waals surface area contributed by atoms with Crippen LogP contribution in [-0.2, 0) is 0 Å². The van der Waals surface area contributed by atoms with E-state index in [1.807, 2.05) is 11.8 Å². The largest absolute Gasteiger partial charge is 0.473 e. The van der Waals surface area contributed by atoms with E-state index in [4.69, 9.17) is 4.74 Å². The fourth-order valence-corrected chi connectivity index (χ4v) is 3.25. The number of β-amino-alcohol motifs (C(OH)–C–C–N with tert-alkyl or cyclic N) is 1. The van der Waals surface area contributed by atoms with Crippen molar-refractivity contribution in [1.29, 1.82) is 0 Å². The van der Waals surface area contributed by atoms with Crippen molar-refractivity contribution in [1.82, 2.24) is 9.88 Å². The molecular formula is C13H16N2O3S. The lowest BCUT2D eigenvalue weighted by Gasteiger charge is -2.35.